The van der Waals surface area contributed by atoms with E-state index in [0.29, 0.717) is 19.2 Å². The van der Waals surface area contributed by atoms with Crippen LogP contribution in [0.2, 0.25) is 0 Å². The van der Waals surface area contributed by atoms with Gasteiger partial charge in [-0.3, -0.25) is 14.6 Å². The minimum Gasteiger partial charge on any atom is -0.378 e. The topological polar surface area (TPSA) is 44.8 Å². The van der Waals surface area contributed by atoms with Crippen LogP contribution in [0.25, 0.3) is 0 Å². The average molecular weight is 271 g/mol. The zero-order valence-electron chi connectivity index (χ0n) is 12.7. The first-order valence-corrected chi connectivity index (χ1v) is 7.42. The molecule has 1 amide bonds. The Hall–Kier alpha value is -0.650. The summed E-state index contributed by atoms with van der Waals surface area (Å²) in [5.74, 6) is 0.00441. The second-order valence-corrected chi connectivity index (χ2v) is 5.23. The number of piperazine rings is 1. The van der Waals surface area contributed by atoms with Gasteiger partial charge in [-0.15, -0.1) is 0 Å². The molecule has 0 bridgehead atoms. The number of carbonyl (C=O) groups is 1. The maximum atomic E-state index is 10.7. The van der Waals surface area contributed by atoms with Crippen LogP contribution in [0.5, 0.6) is 0 Å². The molecule has 1 aliphatic heterocycles. The largest absolute Gasteiger partial charge is 0.378 e. The average Bonchev–Trinajstić information content (AvgIpc) is 2.42. The van der Waals surface area contributed by atoms with Gasteiger partial charge in [-0.2, -0.15) is 0 Å². The Bertz CT molecular complexity index is 253. The van der Waals surface area contributed by atoms with E-state index in [1.807, 2.05) is 0 Å². The lowest BCUT2D eigenvalue weighted by molar-refractivity contribution is -0.119. The molecule has 0 aromatic heterocycles. The molecule has 112 valence electrons. The number of carbonyl (C=O) groups excluding carboxylic acids is 1. The third kappa shape index (κ3) is 6.89. The number of nitrogens with one attached hydrogen (secondary N) is 1. The highest BCUT2D eigenvalue weighted by Crippen LogP contribution is 2.08. The van der Waals surface area contributed by atoms with Crippen molar-refractivity contribution in [2.45, 2.75) is 33.2 Å². The van der Waals surface area contributed by atoms with Crippen molar-refractivity contribution in [1.82, 2.24) is 15.1 Å². The number of amides is 1. The van der Waals surface area contributed by atoms with Crippen molar-refractivity contribution in [2.24, 2.45) is 0 Å². The SMILES string of the molecule is CCC(C)N1CCN(CCOCCNC(C)=O)CC1. The first-order chi connectivity index (χ1) is 9.13. The van der Waals surface area contributed by atoms with Gasteiger partial charge in [0.2, 0.25) is 5.91 Å². The number of hydrogen-bond acceptors (Lipinski definition) is 4. The van der Waals surface area contributed by atoms with Crippen molar-refractivity contribution >= 4 is 5.91 Å². The molecule has 0 aromatic rings. The van der Waals surface area contributed by atoms with Crippen LogP contribution in [0.3, 0.4) is 0 Å². The quantitative estimate of drug-likeness (QED) is 0.655. The van der Waals surface area contributed by atoms with Crippen LogP contribution in [0.4, 0.5) is 0 Å². The maximum absolute atomic E-state index is 10.7. The van der Waals surface area contributed by atoms with Crippen LogP contribution >= 0.6 is 0 Å². The molecular weight excluding hydrogens is 242 g/mol. The van der Waals surface area contributed by atoms with Crippen molar-refractivity contribution < 1.29 is 9.53 Å². The normalized spacial score (nSPS) is 19.3. The van der Waals surface area contributed by atoms with Gasteiger partial charge in [0.15, 0.2) is 0 Å². The van der Waals surface area contributed by atoms with Crippen molar-refractivity contribution in [3.05, 3.63) is 0 Å². The zero-order valence-corrected chi connectivity index (χ0v) is 12.7. The van der Waals surface area contributed by atoms with Crippen molar-refractivity contribution in [3.8, 4) is 0 Å². The third-order valence-electron chi connectivity index (χ3n) is 3.79. The molecule has 1 unspecified atom stereocenters. The molecule has 1 heterocycles. The van der Waals surface area contributed by atoms with Crippen molar-refractivity contribution in [3.63, 3.8) is 0 Å². The Labute approximate surface area is 117 Å². The summed E-state index contributed by atoms with van der Waals surface area (Å²) in [6, 6.07) is 0.705. The number of hydrogen-bond donors (Lipinski definition) is 1. The van der Waals surface area contributed by atoms with Gasteiger partial charge in [0.25, 0.3) is 0 Å². The fourth-order valence-electron chi connectivity index (χ4n) is 2.28. The molecule has 1 saturated heterocycles. The first-order valence-electron chi connectivity index (χ1n) is 7.42. The molecule has 0 saturated carbocycles. The van der Waals surface area contributed by atoms with Gasteiger partial charge in [0.05, 0.1) is 13.2 Å². The van der Waals surface area contributed by atoms with Crippen LogP contribution in [0, 0.1) is 0 Å². The molecule has 1 fully saturated rings. The molecule has 0 spiro atoms. The Morgan fingerprint density at radius 3 is 2.53 bits per heavy atom. The van der Waals surface area contributed by atoms with Crippen molar-refractivity contribution in [2.75, 3.05) is 52.5 Å². The van der Waals surface area contributed by atoms with Crippen molar-refractivity contribution in [1.29, 1.82) is 0 Å². The summed E-state index contributed by atoms with van der Waals surface area (Å²) in [5.41, 5.74) is 0. The summed E-state index contributed by atoms with van der Waals surface area (Å²) in [4.78, 5) is 15.7. The highest BCUT2D eigenvalue weighted by Gasteiger charge is 2.19. The minimum absolute atomic E-state index is 0.00441. The standard InChI is InChI=1S/C14H29N3O2/c1-4-13(2)17-8-6-16(7-9-17)10-12-19-11-5-15-14(3)18/h13H,4-12H2,1-3H3,(H,15,18). The summed E-state index contributed by atoms with van der Waals surface area (Å²) in [6.07, 6.45) is 1.23. The third-order valence-corrected chi connectivity index (χ3v) is 3.79. The molecule has 0 aliphatic carbocycles. The van der Waals surface area contributed by atoms with Gasteiger partial charge in [0.1, 0.15) is 0 Å². The lowest BCUT2D eigenvalue weighted by Gasteiger charge is -2.37. The predicted molar refractivity (Wildman–Crippen MR) is 77.3 cm³/mol. The number of ether oxygens (including phenoxy) is 1. The lowest BCUT2D eigenvalue weighted by atomic mass is 10.2. The monoisotopic (exact) mass is 271 g/mol. The van der Waals surface area contributed by atoms with Crippen LogP contribution < -0.4 is 5.32 Å². The molecule has 1 rings (SSSR count). The Morgan fingerprint density at radius 1 is 1.26 bits per heavy atom. The lowest BCUT2D eigenvalue weighted by Crippen LogP contribution is -2.50. The van der Waals surface area contributed by atoms with E-state index in [-0.39, 0.29) is 5.91 Å². The van der Waals surface area contributed by atoms with E-state index < -0.39 is 0 Å². The van der Waals surface area contributed by atoms with E-state index in [0.717, 1.165) is 26.2 Å². The fraction of sp³-hybridized carbons (Fsp3) is 0.929. The molecule has 1 aliphatic rings. The predicted octanol–water partition coefficient (Wildman–Crippen LogP) is 0.555. The fourth-order valence-corrected chi connectivity index (χ4v) is 2.28. The molecule has 1 atom stereocenters. The second kappa shape index (κ2) is 9.28. The van der Waals surface area contributed by atoms with Crippen LogP contribution in [-0.2, 0) is 9.53 Å². The zero-order chi connectivity index (χ0) is 14.1. The van der Waals surface area contributed by atoms with E-state index in [9.17, 15) is 4.79 Å². The summed E-state index contributed by atoms with van der Waals surface area (Å²) < 4.78 is 5.51. The van der Waals surface area contributed by atoms with Crippen LogP contribution in [-0.4, -0.2) is 74.2 Å². The Kier molecular flexibility index (Phi) is 8.02. The van der Waals surface area contributed by atoms with Crippen LogP contribution in [0.1, 0.15) is 27.2 Å². The summed E-state index contributed by atoms with van der Waals surface area (Å²) >= 11 is 0. The Balaban J connectivity index is 1.99. The summed E-state index contributed by atoms with van der Waals surface area (Å²) in [6.45, 7) is 13.7. The first kappa shape index (κ1) is 16.4. The van der Waals surface area contributed by atoms with E-state index in [1.54, 1.807) is 0 Å². The van der Waals surface area contributed by atoms with Crippen LogP contribution in [0.15, 0.2) is 0 Å². The van der Waals surface area contributed by atoms with Gasteiger partial charge in [-0.05, 0) is 13.3 Å². The second-order valence-electron chi connectivity index (χ2n) is 5.23. The number of nitrogens with zero attached hydrogens (tertiary/aromatic N) is 2. The van der Waals surface area contributed by atoms with Gasteiger partial charge < -0.3 is 10.1 Å². The molecule has 5 heteroatoms. The van der Waals surface area contributed by atoms with Gasteiger partial charge in [-0.1, -0.05) is 6.92 Å². The van der Waals surface area contributed by atoms with Gasteiger partial charge in [0, 0.05) is 52.2 Å². The Morgan fingerprint density at radius 2 is 1.95 bits per heavy atom. The molecule has 1 N–H and O–H groups in total. The van der Waals surface area contributed by atoms with E-state index in [1.165, 1.54) is 26.4 Å². The van der Waals surface area contributed by atoms with Gasteiger partial charge >= 0.3 is 0 Å². The van der Waals surface area contributed by atoms with E-state index >= 15 is 0 Å². The molecule has 19 heavy (non-hydrogen) atoms. The highest BCUT2D eigenvalue weighted by molar-refractivity contribution is 5.72. The smallest absolute Gasteiger partial charge is 0.216 e. The highest BCUT2D eigenvalue weighted by atomic mass is 16.5. The molecule has 5 nitrogen and oxygen atoms in total. The maximum Gasteiger partial charge on any atom is 0.216 e. The molecule has 0 radical (unpaired) electrons. The number of rotatable bonds is 8. The minimum atomic E-state index is 0.00441. The summed E-state index contributed by atoms with van der Waals surface area (Å²) in [7, 11) is 0. The summed E-state index contributed by atoms with van der Waals surface area (Å²) in [5, 5.41) is 2.72. The van der Waals surface area contributed by atoms with E-state index in [4.69, 9.17) is 4.74 Å². The van der Waals surface area contributed by atoms with E-state index in [2.05, 4.69) is 29.0 Å². The van der Waals surface area contributed by atoms with Gasteiger partial charge in [-0.25, -0.2) is 0 Å². The molecular formula is C14H29N3O2. The molecule has 0 aromatic carbocycles.